The molecule has 0 bridgehead atoms. The molecule has 0 aliphatic heterocycles. The van der Waals surface area contributed by atoms with Gasteiger partial charge in [-0.2, -0.15) is 5.26 Å². The molecule has 1 rings (SSSR count). The van der Waals surface area contributed by atoms with Gasteiger partial charge in [0, 0.05) is 23.8 Å². The Kier molecular flexibility index (Phi) is 6.00. The number of hydrogen-bond acceptors (Lipinski definition) is 5. The minimum absolute atomic E-state index is 0.201. The Morgan fingerprint density at radius 2 is 2.20 bits per heavy atom. The van der Waals surface area contributed by atoms with Crippen LogP contribution >= 0.6 is 15.9 Å². The van der Waals surface area contributed by atoms with Gasteiger partial charge in [-0.05, 0) is 18.2 Å². The lowest BCUT2D eigenvalue weighted by atomic mass is 10.2. The molecule has 1 aromatic rings. The Balaban J connectivity index is 2.57. The topological polar surface area (TPSA) is 96.4 Å². The summed E-state index contributed by atoms with van der Waals surface area (Å²) in [5.74, 6) is -1.03. The van der Waals surface area contributed by atoms with Crippen LogP contribution in [-0.4, -0.2) is 37.0 Å². The van der Waals surface area contributed by atoms with Gasteiger partial charge in [-0.1, -0.05) is 15.9 Å². The van der Waals surface area contributed by atoms with E-state index in [1.807, 2.05) is 6.07 Å². The molecule has 0 saturated carbocycles. The van der Waals surface area contributed by atoms with Crippen molar-refractivity contribution >= 4 is 33.5 Å². The quantitative estimate of drug-likeness (QED) is 0.648. The van der Waals surface area contributed by atoms with Crippen molar-refractivity contribution in [2.75, 3.05) is 25.9 Å². The molecule has 0 unspecified atom stereocenters. The van der Waals surface area contributed by atoms with Gasteiger partial charge in [0.15, 0.2) is 6.61 Å². The zero-order valence-electron chi connectivity index (χ0n) is 10.9. The number of likely N-dealkylation sites (N-methyl/N-ethyl adjacent to an activating group) is 1. The molecule has 7 heteroatoms. The number of nitrogen functional groups attached to an aromatic ring is 1. The molecule has 20 heavy (non-hydrogen) atoms. The molecule has 1 amide bonds. The third-order valence-electron chi connectivity index (χ3n) is 2.55. The molecular formula is C13H14BrN3O3. The van der Waals surface area contributed by atoms with Crippen molar-refractivity contribution in [3.8, 4) is 6.07 Å². The van der Waals surface area contributed by atoms with Crippen LogP contribution < -0.4 is 5.73 Å². The Bertz CT molecular complexity index is 554. The maximum atomic E-state index is 11.8. The summed E-state index contributed by atoms with van der Waals surface area (Å²) < 4.78 is 5.60. The number of hydrogen-bond donors (Lipinski definition) is 1. The number of esters is 1. The fourth-order valence-electron chi connectivity index (χ4n) is 1.36. The monoisotopic (exact) mass is 339 g/mol. The van der Waals surface area contributed by atoms with Crippen LogP contribution in [0.25, 0.3) is 0 Å². The number of ether oxygens (including phenoxy) is 1. The number of nitrogens with two attached hydrogens (primary N) is 1. The van der Waals surface area contributed by atoms with Crippen molar-refractivity contribution in [1.29, 1.82) is 5.26 Å². The number of rotatable bonds is 5. The van der Waals surface area contributed by atoms with Gasteiger partial charge in [-0.15, -0.1) is 0 Å². The van der Waals surface area contributed by atoms with Crippen LogP contribution in [0.3, 0.4) is 0 Å². The van der Waals surface area contributed by atoms with E-state index >= 15 is 0 Å². The van der Waals surface area contributed by atoms with Gasteiger partial charge in [-0.3, -0.25) is 4.79 Å². The Morgan fingerprint density at radius 3 is 2.85 bits per heavy atom. The summed E-state index contributed by atoms with van der Waals surface area (Å²) in [6, 6.07) is 6.74. The highest BCUT2D eigenvalue weighted by Gasteiger charge is 2.15. The van der Waals surface area contributed by atoms with Gasteiger partial charge in [0.1, 0.15) is 0 Å². The fourth-order valence-corrected chi connectivity index (χ4v) is 1.72. The summed E-state index contributed by atoms with van der Waals surface area (Å²) in [7, 11) is 1.54. The summed E-state index contributed by atoms with van der Waals surface area (Å²) in [5, 5.41) is 8.43. The van der Waals surface area contributed by atoms with Crippen LogP contribution in [0.15, 0.2) is 22.7 Å². The first kappa shape index (κ1) is 16.0. The second-order valence-corrected chi connectivity index (χ2v) is 4.95. The second kappa shape index (κ2) is 7.50. The molecule has 2 N–H and O–H groups in total. The number of nitrogens with zero attached hydrogens (tertiary/aromatic N) is 2. The molecule has 0 heterocycles. The van der Waals surface area contributed by atoms with Crippen LogP contribution in [0.5, 0.6) is 0 Å². The smallest absolute Gasteiger partial charge is 0.340 e. The molecule has 0 aliphatic rings. The summed E-state index contributed by atoms with van der Waals surface area (Å²) >= 11 is 3.23. The molecule has 0 spiro atoms. The van der Waals surface area contributed by atoms with Crippen LogP contribution in [0.4, 0.5) is 5.69 Å². The molecule has 1 aromatic carbocycles. The van der Waals surface area contributed by atoms with Gasteiger partial charge in [0.05, 0.1) is 18.1 Å². The molecule has 0 saturated heterocycles. The zero-order valence-corrected chi connectivity index (χ0v) is 12.5. The number of amides is 1. The average molecular weight is 340 g/mol. The minimum Gasteiger partial charge on any atom is -0.452 e. The predicted molar refractivity (Wildman–Crippen MR) is 76.7 cm³/mol. The number of carbonyl (C=O) groups is 2. The van der Waals surface area contributed by atoms with Gasteiger partial charge < -0.3 is 15.4 Å². The zero-order chi connectivity index (χ0) is 15.1. The van der Waals surface area contributed by atoms with E-state index in [4.69, 9.17) is 15.7 Å². The number of halogens is 1. The van der Waals surface area contributed by atoms with E-state index in [1.54, 1.807) is 19.2 Å². The Hall–Kier alpha value is -2.07. The van der Waals surface area contributed by atoms with Crippen LogP contribution in [-0.2, 0) is 9.53 Å². The van der Waals surface area contributed by atoms with Crippen molar-refractivity contribution in [2.24, 2.45) is 0 Å². The Labute approximate surface area is 125 Å². The van der Waals surface area contributed by atoms with E-state index in [2.05, 4.69) is 15.9 Å². The number of anilines is 1. The Morgan fingerprint density at radius 1 is 1.50 bits per heavy atom. The van der Waals surface area contributed by atoms with Crippen LogP contribution in [0.1, 0.15) is 16.8 Å². The maximum absolute atomic E-state index is 11.8. The number of carbonyl (C=O) groups excluding carboxylic acids is 2. The molecule has 106 valence electrons. The first-order chi connectivity index (χ1) is 9.45. The lowest BCUT2D eigenvalue weighted by Gasteiger charge is -2.15. The van der Waals surface area contributed by atoms with E-state index in [0.717, 1.165) is 0 Å². The SMILES string of the molecule is CN(CCC#N)C(=O)COC(=O)c1cc(Br)ccc1N. The average Bonchev–Trinajstić information content (AvgIpc) is 2.44. The molecule has 0 aliphatic carbocycles. The summed E-state index contributed by atoms with van der Waals surface area (Å²) in [4.78, 5) is 24.8. The maximum Gasteiger partial charge on any atom is 0.340 e. The predicted octanol–water partition coefficient (Wildman–Crippen LogP) is 1.56. The van der Waals surface area contributed by atoms with Gasteiger partial charge in [0.25, 0.3) is 5.91 Å². The standard InChI is InChI=1S/C13H14BrN3O3/c1-17(6-2-5-15)12(18)8-20-13(19)10-7-9(14)3-4-11(10)16/h3-4,7H,2,6,8,16H2,1H3. The van der Waals surface area contributed by atoms with E-state index in [0.29, 0.717) is 11.0 Å². The van der Waals surface area contributed by atoms with E-state index in [9.17, 15) is 9.59 Å². The van der Waals surface area contributed by atoms with Crippen LogP contribution in [0.2, 0.25) is 0 Å². The van der Waals surface area contributed by atoms with Gasteiger partial charge in [-0.25, -0.2) is 4.79 Å². The van der Waals surface area contributed by atoms with Crippen molar-refractivity contribution in [1.82, 2.24) is 4.90 Å². The third kappa shape index (κ3) is 4.55. The fraction of sp³-hybridized carbons (Fsp3) is 0.308. The lowest BCUT2D eigenvalue weighted by Crippen LogP contribution is -2.32. The van der Waals surface area contributed by atoms with Crippen molar-refractivity contribution in [3.05, 3.63) is 28.2 Å². The molecule has 0 atom stereocenters. The molecule has 6 nitrogen and oxygen atoms in total. The van der Waals surface area contributed by atoms with Crippen molar-refractivity contribution in [2.45, 2.75) is 6.42 Å². The molecule has 0 fully saturated rings. The van der Waals surface area contributed by atoms with E-state index in [-0.39, 0.29) is 30.2 Å². The molecular weight excluding hydrogens is 326 g/mol. The third-order valence-corrected chi connectivity index (χ3v) is 3.04. The highest BCUT2D eigenvalue weighted by Crippen LogP contribution is 2.19. The molecule has 0 aromatic heterocycles. The van der Waals surface area contributed by atoms with E-state index in [1.165, 1.54) is 11.0 Å². The highest BCUT2D eigenvalue weighted by molar-refractivity contribution is 9.10. The first-order valence-electron chi connectivity index (χ1n) is 5.78. The minimum atomic E-state index is -0.661. The van der Waals surface area contributed by atoms with E-state index < -0.39 is 5.97 Å². The second-order valence-electron chi connectivity index (χ2n) is 4.03. The number of benzene rings is 1. The van der Waals surface area contributed by atoms with Gasteiger partial charge >= 0.3 is 5.97 Å². The molecule has 0 radical (unpaired) electrons. The number of nitriles is 1. The summed E-state index contributed by atoms with van der Waals surface area (Å²) in [5.41, 5.74) is 6.15. The normalized spacial score (nSPS) is 9.65. The largest absolute Gasteiger partial charge is 0.452 e. The van der Waals surface area contributed by atoms with Crippen LogP contribution in [0, 0.1) is 11.3 Å². The summed E-state index contributed by atoms with van der Waals surface area (Å²) in [6.45, 7) is -0.0847. The summed E-state index contributed by atoms with van der Waals surface area (Å²) in [6.07, 6.45) is 0.231. The first-order valence-corrected chi connectivity index (χ1v) is 6.58. The van der Waals surface area contributed by atoms with Gasteiger partial charge in [0.2, 0.25) is 0 Å². The van der Waals surface area contributed by atoms with Crippen molar-refractivity contribution in [3.63, 3.8) is 0 Å². The van der Waals surface area contributed by atoms with Crippen molar-refractivity contribution < 1.29 is 14.3 Å². The highest BCUT2D eigenvalue weighted by atomic mass is 79.9. The lowest BCUT2D eigenvalue weighted by molar-refractivity contribution is -0.133.